The third-order valence-electron chi connectivity index (χ3n) is 5.01. The topological polar surface area (TPSA) is 72.2 Å². The first-order valence-electron chi connectivity index (χ1n) is 10.4. The zero-order chi connectivity index (χ0) is 22.7. The second-order valence-electron chi connectivity index (χ2n) is 7.49. The van der Waals surface area contributed by atoms with Crippen molar-refractivity contribution in [2.75, 3.05) is 7.05 Å². The molecule has 0 saturated heterocycles. The molecule has 2 aromatic heterocycles. The van der Waals surface area contributed by atoms with E-state index in [1.165, 1.54) is 16.9 Å². The summed E-state index contributed by atoms with van der Waals surface area (Å²) in [5, 5.41) is 13.1. The van der Waals surface area contributed by atoms with Gasteiger partial charge in [0.2, 0.25) is 5.91 Å². The highest BCUT2D eigenvalue weighted by Gasteiger charge is 2.32. The number of aliphatic imine (C=N–C) groups is 1. The number of rotatable bonds is 3. The fourth-order valence-corrected chi connectivity index (χ4v) is 4.75. The van der Waals surface area contributed by atoms with Crippen molar-refractivity contribution in [1.82, 2.24) is 20.1 Å². The van der Waals surface area contributed by atoms with E-state index in [-0.39, 0.29) is 12.3 Å². The van der Waals surface area contributed by atoms with Crippen LogP contribution in [0.4, 0.5) is 0 Å². The molecule has 8 heteroatoms. The number of benzene rings is 1. The summed E-state index contributed by atoms with van der Waals surface area (Å²) in [4.78, 5) is 18.4. The number of amides is 1. The van der Waals surface area contributed by atoms with Crippen molar-refractivity contribution in [3.05, 3.63) is 62.5 Å². The minimum Gasteiger partial charge on any atom is -0.359 e. The lowest BCUT2D eigenvalue weighted by Crippen LogP contribution is -2.21. The number of hydrogen-bond acceptors (Lipinski definition) is 5. The summed E-state index contributed by atoms with van der Waals surface area (Å²) in [5.41, 5.74) is 4.05. The zero-order valence-electron chi connectivity index (χ0n) is 18.8. The Hall–Kier alpha value is -2.51. The average Bonchev–Trinajstić information content (AvgIpc) is 3.21. The maximum atomic E-state index is 12.2. The first-order chi connectivity index (χ1) is 14.8. The predicted molar refractivity (Wildman–Crippen MR) is 128 cm³/mol. The Morgan fingerprint density at radius 3 is 2.42 bits per heavy atom. The summed E-state index contributed by atoms with van der Waals surface area (Å²) in [5.74, 6) is 1.38. The summed E-state index contributed by atoms with van der Waals surface area (Å²) in [6, 6.07) is 7.22. The van der Waals surface area contributed by atoms with E-state index in [9.17, 15) is 4.79 Å². The van der Waals surface area contributed by atoms with Crippen molar-refractivity contribution in [2.45, 2.75) is 53.5 Å². The number of carbonyl (C=O) groups is 1. The number of aromatic nitrogens is 3. The second-order valence-corrected chi connectivity index (χ2v) is 9.13. The minimum absolute atomic E-state index is 0.0884. The molecule has 1 N–H and O–H groups in total. The van der Waals surface area contributed by atoms with Crippen LogP contribution in [0.25, 0.3) is 5.00 Å². The summed E-state index contributed by atoms with van der Waals surface area (Å²) in [7, 11) is 1.63. The molecule has 0 fully saturated rings. The van der Waals surface area contributed by atoms with Crippen LogP contribution in [0.3, 0.4) is 0 Å². The van der Waals surface area contributed by atoms with Crippen LogP contribution in [-0.2, 0) is 4.79 Å². The van der Waals surface area contributed by atoms with E-state index in [4.69, 9.17) is 16.6 Å². The van der Waals surface area contributed by atoms with Gasteiger partial charge in [-0.15, -0.1) is 21.5 Å². The molecule has 0 bridgehead atoms. The summed E-state index contributed by atoms with van der Waals surface area (Å²) >= 11 is 7.79. The maximum Gasteiger partial charge on any atom is 0.222 e. The lowest BCUT2D eigenvalue weighted by molar-refractivity contribution is -0.121. The van der Waals surface area contributed by atoms with Crippen LogP contribution in [0.1, 0.15) is 65.9 Å². The smallest absolute Gasteiger partial charge is 0.222 e. The standard InChI is InChI=1S/C20H20ClN5OS.C3H8/c1-10-11(2)28-20-17(10)18(13-5-7-14(21)8-6-13)23-15(9-16(27)22-4)19-25-24-12(3)26(19)20;1-3-2/h5-8,15H,9H2,1-4H3,(H,22,27);3H2,1-2H3/t15-;/m0./s1. The van der Waals surface area contributed by atoms with Crippen LogP contribution in [0.15, 0.2) is 29.3 Å². The van der Waals surface area contributed by atoms with E-state index in [1.807, 2.05) is 35.8 Å². The zero-order valence-corrected chi connectivity index (χ0v) is 20.4. The molecule has 4 rings (SSSR count). The molecule has 1 aliphatic rings. The van der Waals surface area contributed by atoms with Crippen LogP contribution < -0.4 is 5.32 Å². The molecule has 3 aromatic rings. The number of aryl methyl sites for hydroxylation is 2. The SMILES string of the molecule is CCC.CNC(=O)C[C@@H]1N=C(c2ccc(Cl)cc2)c2c(sc(C)c2C)-n2c(C)nnc21. The third-order valence-corrected chi connectivity index (χ3v) is 6.46. The van der Waals surface area contributed by atoms with Crippen molar-refractivity contribution < 1.29 is 4.79 Å². The molecule has 1 amide bonds. The van der Waals surface area contributed by atoms with Crippen LogP contribution >= 0.6 is 22.9 Å². The number of nitrogens with zero attached hydrogens (tertiary/aromatic N) is 4. The van der Waals surface area contributed by atoms with Crippen molar-refractivity contribution in [1.29, 1.82) is 0 Å². The summed E-state index contributed by atoms with van der Waals surface area (Å²) in [6.45, 7) is 10.4. The fourth-order valence-electron chi connectivity index (χ4n) is 3.41. The molecule has 0 radical (unpaired) electrons. The quantitative estimate of drug-likeness (QED) is 0.576. The van der Waals surface area contributed by atoms with Gasteiger partial charge in [-0.2, -0.15) is 0 Å². The largest absolute Gasteiger partial charge is 0.359 e. The first-order valence-corrected chi connectivity index (χ1v) is 11.6. The van der Waals surface area contributed by atoms with E-state index in [2.05, 4.69) is 43.2 Å². The maximum absolute atomic E-state index is 12.2. The highest BCUT2D eigenvalue weighted by atomic mass is 35.5. The third kappa shape index (κ3) is 4.57. The number of halogens is 1. The Bertz CT molecular complexity index is 1110. The van der Waals surface area contributed by atoms with Gasteiger partial charge < -0.3 is 5.32 Å². The number of carbonyl (C=O) groups excluding carboxylic acids is 1. The summed E-state index contributed by atoms with van der Waals surface area (Å²) < 4.78 is 2.04. The van der Waals surface area contributed by atoms with Crippen LogP contribution in [-0.4, -0.2) is 33.4 Å². The van der Waals surface area contributed by atoms with Gasteiger partial charge in [0.05, 0.1) is 12.1 Å². The Kier molecular flexibility index (Phi) is 7.28. The molecule has 3 heterocycles. The number of hydrogen-bond donors (Lipinski definition) is 1. The van der Waals surface area contributed by atoms with Gasteiger partial charge in [-0.3, -0.25) is 14.4 Å². The monoisotopic (exact) mass is 457 g/mol. The van der Waals surface area contributed by atoms with Crippen LogP contribution in [0.2, 0.25) is 5.02 Å². The number of thiophene rings is 1. The van der Waals surface area contributed by atoms with Crippen molar-refractivity contribution in [3.63, 3.8) is 0 Å². The van der Waals surface area contributed by atoms with Gasteiger partial charge in [0.15, 0.2) is 5.82 Å². The molecule has 0 spiro atoms. The van der Waals surface area contributed by atoms with Crippen molar-refractivity contribution in [3.8, 4) is 5.00 Å². The van der Waals surface area contributed by atoms with Gasteiger partial charge in [-0.25, -0.2) is 0 Å². The van der Waals surface area contributed by atoms with E-state index in [1.54, 1.807) is 18.4 Å². The molecule has 0 aliphatic carbocycles. The Morgan fingerprint density at radius 1 is 1.16 bits per heavy atom. The molecule has 6 nitrogen and oxygen atoms in total. The molecule has 0 unspecified atom stereocenters. The lowest BCUT2D eigenvalue weighted by Gasteiger charge is -2.12. The van der Waals surface area contributed by atoms with E-state index < -0.39 is 6.04 Å². The van der Waals surface area contributed by atoms with Crippen molar-refractivity contribution >= 4 is 34.6 Å². The Labute approximate surface area is 192 Å². The molecule has 1 aliphatic heterocycles. The van der Waals surface area contributed by atoms with E-state index in [0.717, 1.165) is 27.7 Å². The molecule has 1 aromatic carbocycles. The van der Waals surface area contributed by atoms with Crippen LogP contribution in [0.5, 0.6) is 0 Å². The highest BCUT2D eigenvalue weighted by molar-refractivity contribution is 7.15. The van der Waals surface area contributed by atoms with E-state index in [0.29, 0.717) is 10.8 Å². The first kappa shape index (κ1) is 23.2. The Balaban J connectivity index is 0.000000858. The van der Waals surface area contributed by atoms with Crippen molar-refractivity contribution in [2.24, 2.45) is 4.99 Å². The van der Waals surface area contributed by atoms with Gasteiger partial charge in [0.25, 0.3) is 0 Å². The van der Waals surface area contributed by atoms with Gasteiger partial charge in [0.1, 0.15) is 16.9 Å². The predicted octanol–water partition coefficient (Wildman–Crippen LogP) is 5.35. The van der Waals surface area contributed by atoms with Gasteiger partial charge in [-0.1, -0.05) is 44.0 Å². The second kappa shape index (κ2) is 9.75. The van der Waals surface area contributed by atoms with Gasteiger partial charge in [0, 0.05) is 28.1 Å². The molecule has 164 valence electrons. The van der Waals surface area contributed by atoms with Crippen LogP contribution in [0, 0.1) is 20.8 Å². The normalized spacial score (nSPS) is 14.5. The average molecular weight is 458 g/mol. The molecular weight excluding hydrogens is 430 g/mol. The van der Waals surface area contributed by atoms with Gasteiger partial charge in [-0.05, 0) is 38.5 Å². The molecule has 31 heavy (non-hydrogen) atoms. The fraction of sp³-hybridized carbons (Fsp3) is 0.391. The lowest BCUT2D eigenvalue weighted by atomic mass is 9.99. The van der Waals surface area contributed by atoms with Gasteiger partial charge >= 0.3 is 0 Å². The molecule has 0 saturated carbocycles. The Morgan fingerprint density at radius 2 is 1.81 bits per heavy atom. The van der Waals surface area contributed by atoms with E-state index >= 15 is 0 Å². The highest BCUT2D eigenvalue weighted by Crippen LogP contribution is 2.39. The molecule has 1 atom stereocenters. The molecular formula is C23H28ClN5OS. The number of fused-ring (bicyclic) bond motifs is 3. The minimum atomic E-state index is -0.425. The summed E-state index contributed by atoms with van der Waals surface area (Å²) in [6.07, 6.45) is 1.46. The number of nitrogens with one attached hydrogen (secondary N) is 1.